The predicted octanol–water partition coefficient (Wildman–Crippen LogP) is 1.81. The lowest BCUT2D eigenvalue weighted by molar-refractivity contribution is 0.194. The Labute approximate surface area is 160 Å². The van der Waals surface area contributed by atoms with E-state index in [4.69, 9.17) is 9.72 Å². The SMILES string of the molecule is COCCCCS(=O)(=O)N1CCC(c2nccc(-c3cnn(C)c3)n2)CC1. The van der Waals surface area contributed by atoms with Gasteiger partial charge in [0.25, 0.3) is 0 Å². The minimum Gasteiger partial charge on any atom is -0.385 e. The number of methoxy groups -OCH3 is 1. The van der Waals surface area contributed by atoms with Crippen LogP contribution in [0.15, 0.2) is 24.7 Å². The van der Waals surface area contributed by atoms with Crippen LogP contribution in [0.5, 0.6) is 0 Å². The minimum atomic E-state index is -3.19. The molecule has 3 rings (SSSR count). The highest BCUT2D eigenvalue weighted by molar-refractivity contribution is 7.89. The summed E-state index contributed by atoms with van der Waals surface area (Å²) in [5.74, 6) is 1.16. The highest BCUT2D eigenvalue weighted by atomic mass is 32.2. The van der Waals surface area contributed by atoms with Gasteiger partial charge in [0.2, 0.25) is 10.0 Å². The van der Waals surface area contributed by atoms with Crippen molar-refractivity contribution in [2.75, 3.05) is 32.6 Å². The zero-order valence-electron chi connectivity index (χ0n) is 15.9. The molecule has 0 spiro atoms. The molecule has 0 aromatic carbocycles. The van der Waals surface area contributed by atoms with Crippen LogP contribution >= 0.6 is 0 Å². The Morgan fingerprint density at radius 2 is 2.04 bits per heavy atom. The molecule has 8 nitrogen and oxygen atoms in total. The van der Waals surface area contributed by atoms with Crippen molar-refractivity contribution in [1.82, 2.24) is 24.1 Å². The van der Waals surface area contributed by atoms with E-state index in [0.717, 1.165) is 36.3 Å². The van der Waals surface area contributed by atoms with Crippen LogP contribution in [0.4, 0.5) is 0 Å². The number of aromatic nitrogens is 4. The number of piperidine rings is 1. The zero-order valence-corrected chi connectivity index (χ0v) is 16.7. The molecule has 2 aromatic rings. The molecule has 0 amide bonds. The lowest BCUT2D eigenvalue weighted by atomic mass is 9.97. The van der Waals surface area contributed by atoms with E-state index in [9.17, 15) is 8.42 Å². The van der Waals surface area contributed by atoms with E-state index < -0.39 is 10.0 Å². The number of hydrogen-bond donors (Lipinski definition) is 0. The molecular formula is C18H27N5O3S. The average Bonchev–Trinajstić information content (AvgIpc) is 3.12. The minimum absolute atomic E-state index is 0.182. The summed E-state index contributed by atoms with van der Waals surface area (Å²) in [4.78, 5) is 9.12. The number of rotatable bonds is 8. The van der Waals surface area contributed by atoms with E-state index in [1.165, 1.54) is 0 Å². The van der Waals surface area contributed by atoms with Crippen LogP contribution in [0.1, 0.15) is 37.4 Å². The first-order valence-corrected chi connectivity index (χ1v) is 10.9. The predicted molar refractivity (Wildman–Crippen MR) is 103 cm³/mol. The Morgan fingerprint density at radius 3 is 2.70 bits per heavy atom. The number of nitrogens with zero attached hydrogens (tertiary/aromatic N) is 5. The monoisotopic (exact) mass is 393 g/mol. The van der Waals surface area contributed by atoms with Crippen LogP contribution in [-0.2, 0) is 21.8 Å². The van der Waals surface area contributed by atoms with Gasteiger partial charge in [0.05, 0.1) is 17.6 Å². The molecule has 1 aliphatic heterocycles. The van der Waals surface area contributed by atoms with Crippen molar-refractivity contribution in [3.63, 3.8) is 0 Å². The maximum atomic E-state index is 12.5. The van der Waals surface area contributed by atoms with E-state index in [1.807, 2.05) is 19.3 Å². The van der Waals surface area contributed by atoms with Crippen molar-refractivity contribution in [3.8, 4) is 11.3 Å². The highest BCUT2D eigenvalue weighted by Gasteiger charge is 2.29. The van der Waals surface area contributed by atoms with Crippen molar-refractivity contribution in [3.05, 3.63) is 30.5 Å². The quantitative estimate of drug-likeness (QED) is 0.636. The number of aryl methyl sites for hydroxylation is 1. The van der Waals surface area contributed by atoms with E-state index in [0.29, 0.717) is 26.1 Å². The van der Waals surface area contributed by atoms with Gasteiger partial charge in [-0.2, -0.15) is 5.10 Å². The summed E-state index contributed by atoms with van der Waals surface area (Å²) >= 11 is 0. The Bertz CT molecular complexity index is 844. The summed E-state index contributed by atoms with van der Waals surface area (Å²) in [5.41, 5.74) is 1.80. The third kappa shape index (κ3) is 5.12. The second kappa shape index (κ2) is 8.90. The van der Waals surface area contributed by atoms with Crippen molar-refractivity contribution in [2.45, 2.75) is 31.6 Å². The van der Waals surface area contributed by atoms with Gasteiger partial charge in [-0.3, -0.25) is 4.68 Å². The topological polar surface area (TPSA) is 90.2 Å². The fourth-order valence-electron chi connectivity index (χ4n) is 3.34. The fraction of sp³-hybridized carbons (Fsp3) is 0.611. The molecule has 1 aliphatic rings. The van der Waals surface area contributed by atoms with Crippen molar-refractivity contribution >= 4 is 10.0 Å². The first kappa shape index (κ1) is 19.9. The van der Waals surface area contributed by atoms with Crippen LogP contribution in [0, 0.1) is 0 Å². The zero-order chi connectivity index (χ0) is 19.3. The first-order chi connectivity index (χ1) is 13.0. The molecule has 0 aliphatic carbocycles. The van der Waals surface area contributed by atoms with Crippen molar-refractivity contribution in [2.24, 2.45) is 7.05 Å². The van der Waals surface area contributed by atoms with Crippen molar-refractivity contribution < 1.29 is 13.2 Å². The maximum absolute atomic E-state index is 12.5. The lowest BCUT2D eigenvalue weighted by Crippen LogP contribution is -2.39. The van der Waals surface area contributed by atoms with Gasteiger partial charge in [0, 0.05) is 57.7 Å². The van der Waals surface area contributed by atoms with E-state index in [1.54, 1.807) is 28.5 Å². The number of sulfonamides is 1. The molecule has 3 heterocycles. The molecule has 148 valence electrons. The molecule has 0 N–H and O–H groups in total. The third-order valence-corrected chi connectivity index (χ3v) is 6.84. The van der Waals surface area contributed by atoms with Gasteiger partial charge in [-0.05, 0) is 31.7 Å². The van der Waals surface area contributed by atoms with Crippen LogP contribution in [0.3, 0.4) is 0 Å². The van der Waals surface area contributed by atoms with Gasteiger partial charge in [-0.1, -0.05) is 0 Å². The van der Waals surface area contributed by atoms with Crippen LogP contribution < -0.4 is 0 Å². The Hall–Kier alpha value is -1.84. The van der Waals surface area contributed by atoms with E-state index in [2.05, 4.69) is 10.1 Å². The van der Waals surface area contributed by atoms with Crippen LogP contribution in [0.25, 0.3) is 11.3 Å². The second-order valence-corrected chi connectivity index (χ2v) is 8.98. The lowest BCUT2D eigenvalue weighted by Gasteiger charge is -2.30. The number of ether oxygens (including phenoxy) is 1. The summed E-state index contributed by atoms with van der Waals surface area (Å²) in [6.45, 7) is 1.65. The molecular weight excluding hydrogens is 366 g/mol. The molecule has 0 saturated carbocycles. The molecule has 0 bridgehead atoms. The van der Waals surface area contributed by atoms with Gasteiger partial charge in [-0.15, -0.1) is 0 Å². The van der Waals surface area contributed by atoms with Crippen LogP contribution in [0.2, 0.25) is 0 Å². The summed E-state index contributed by atoms with van der Waals surface area (Å²) in [7, 11) is 0.310. The summed E-state index contributed by atoms with van der Waals surface area (Å²) in [6, 6.07) is 1.88. The number of hydrogen-bond acceptors (Lipinski definition) is 6. The van der Waals surface area contributed by atoms with Gasteiger partial charge < -0.3 is 4.74 Å². The molecule has 0 atom stereocenters. The standard InChI is InChI=1S/C18H27N5O3S/c1-22-14-16(13-20-22)17-5-8-19-18(21-17)15-6-9-23(10-7-15)27(24,25)12-4-3-11-26-2/h5,8,13-15H,3-4,6-7,9-12H2,1-2H3. The second-order valence-electron chi connectivity index (χ2n) is 6.89. The summed E-state index contributed by atoms with van der Waals surface area (Å²) in [5, 5.41) is 4.18. The Balaban J connectivity index is 1.59. The molecule has 1 saturated heterocycles. The van der Waals surface area contributed by atoms with Crippen molar-refractivity contribution in [1.29, 1.82) is 0 Å². The number of unbranched alkanes of at least 4 members (excludes halogenated alkanes) is 1. The third-order valence-electron chi connectivity index (χ3n) is 4.89. The first-order valence-electron chi connectivity index (χ1n) is 9.28. The molecule has 1 fully saturated rings. The molecule has 2 aromatic heterocycles. The maximum Gasteiger partial charge on any atom is 0.214 e. The van der Waals surface area contributed by atoms with Gasteiger partial charge >= 0.3 is 0 Å². The summed E-state index contributed by atoms with van der Waals surface area (Å²) < 4.78 is 33.3. The van der Waals surface area contributed by atoms with Gasteiger partial charge in [0.1, 0.15) is 5.82 Å². The molecule has 9 heteroatoms. The van der Waals surface area contributed by atoms with Gasteiger partial charge in [0.15, 0.2) is 0 Å². The largest absolute Gasteiger partial charge is 0.385 e. The fourth-order valence-corrected chi connectivity index (χ4v) is 4.93. The van der Waals surface area contributed by atoms with Crippen LogP contribution in [-0.4, -0.2) is 65.0 Å². The van der Waals surface area contributed by atoms with Gasteiger partial charge in [-0.25, -0.2) is 22.7 Å². The average molecular weight is 394 g/mol. The summed E-state index contributed by atoms with van der Waals surface area (Å²) in [6.07, 6.45) is 8.36. The smallest absolute Gasteiger partial charge is 0.214 e. The highest BCUT2D eigenvalue weighted by Crippen LogP contribution is 2.28. The van der Waals surface area contributed by atoms with E-state index >= 15 is 0 Å². The molecule has 0 unspecified atom stereocenters. The normalized spacial score (nSPS) is 16.7. The van der Waals surface area contributed by atoms with E-state index in [-0.39, 0.29) is 11.7 Å². The Kier molecular flexibility index (Phi) is 6.56. The molecule has 27 heavy (non-hydrogen) atoms. The molecule has 0 radical (unpaired) electrons. The Morgan fingerprint density at radius 1 is 1.26 bits per heavy atom.